The second-order valence-corrected chi connectivity index (χ2v) is 6.19. The van der Waals surface area contributed by atoms with Crippen molar-refractivity contribution in [3.8, 4) is 0 Å². The Balaban J connectivity index is 1.65. The van der Waals surface area contributed by atoms with Gasteiger partial charge in [0.25, 0.3) is 0 Å². The summed E-state index contributed by atoms with van der Waals surface area (Å²) < 4.78 is 4.78. The molecule has 0 heterocycles. The molecule has 0 saturated heterocycles. The third kappa shape index (κ3) is 4.25. The number of amides is 2. The molecule has 0 spiro atoms. The van der Waals surface area contributed by atoms with Gasteiger partial charge >= 0.3 is 0 Å². The number of fused-ring (bicyclic) bond motifs is 1. The molecule has 2 aromatic carbocycles. The van der Waals surface area contributed by atoms with Crippen molar-refractivity contribution in [3.05, 3.63) is 59.7 Å². The summed E-state index contributed by atoms with van der Waals surface area (Å²) in [7, 11) is 1.47. The lowest BCUT2D eigenvalue weighted by molar-refractivity contribution is -0.119. The highest BCUT2D eigenvalue weighted by Crippen LogP contribution is 2.32. The van der Waals surface area contributed by atoms with Gasteiger partial charge in [0.05, 0.1) is 5.92 Å². The fourth-order valence-electron chi connectivity index (χ4n) is 3.22. The Morgan fingerprint density at radius 2 is 1.72 bits per heavy atom. The van der Waals surface area contributed by atoms with Crippen LogP contribution in [-0.2, 0) is 20.7 Å². The SMILES string of the molecule is COCC(=O)Nc1ccc(NC(=O)C2CCCc3ccccc32)cc1. The average molecular weight is 338 g/mol. The van der Waals surface area contributed by atoms with E-state index in [9.17, 15) is 9.59 Å². The van der Waals surface area contributed by atoms with Crippen molar-refractivity contribution in [1.82, 2.24) is 0 Å². The number of aryl methyl sites for hydroxylation is 1. The van der Waals surface area contributed by atoms with E-state index < -0.39 is 0 Å². The van der Waals surface area contributed by atoms with E-state index in [2.05, 4.69) is 16.7 Å². The van der Waals surface area contributed by atoms with Crippen LogP contribution in [0.1, 0.15) is 29.9 Å². The highest BCUT2D eigenvalue weighted by Gasteiger charge is 2.26. The van der Waals surface area contributed by atoms with Gasteiger partial charge in [0.1, 0.15) is 6.61 Å². The minimum Gasteiger partial charge on any atom is -0.375 e. The van der Waals surface area contributed by atoms with Crippen LogP contribution in [0.3, 0.4) is 0 Å². The molecule has 1 aliphatic carbocycles. The Labute approximate surface area is 147 Å². The molecule has 1 atom stereocenters. The lowest BCUT2D eigenvalue weighted by atomic mass is 9.82. The van der Waals surface area contributed by atoms with Crippen LogP contribution >= 0.6 is 0 Å². The lowest BCUT2D eigenvalue weighted by Gasteiger charge is -2.24. The van der Waals surface area contributed by atoms with Gasteiger partial charge in [0.15, 0.2) is 0 Å². The summed E-state index contributed by atoms with van der Waals surface area (Å²) in [5.41, 5.74) is 3.79. The van der Waals surface area contributed by atoms with Crippen molar-refractivity contribution in [1.29, 1.82) is 0 Å². The van der Waals surface area contributed by atoms with Crippen LogP contribution in [0, 0.1) is 0 Å². The maximum Gasteiger partial charge on any atom is 0.250 e. The molecule has 2 amide bonds. The summed E-state index contributed by atoms with van der Waals surface area (Å²) in [5.74, 6) is -0.299. The highest BCUT2D eigenvalue weighted by molar-refractivity contribution is 5.97. The fourth-order valence-corrected chi connectivity index (χ4v) is 3.22. The normalized spacial score (nSPS) is 16.0. The van der Waals surface area contributed by atoms with Crippen molar-refractivity contribution >= 4 is 23.2 Å². The monoisotopic (exact) mass is 338 g/mol. The van der Waals surface area contributed by atoms with E-state index in [1.165, 1.54) is 12.7 Å². The molecule has 130 valence electrons. The number of methoxy groups -OCH3 is 1. The van der Waals surface area contributed by atoms with Gasteiger partial charge in [-0.15, -0.1) is 0 Å². The van der Waals surface area contributed by atoms with E-state index in [0.717, 1.165) is 30.5 Å². The van der Waals surface area contributed by atoms with Gasteiger partial charge in [-0.1, -0.05) is 24.3 Å². The van der Waals surface area contributed by atoms with Crippen LogP contribution in [0.2, 0.25) is 0 Å². The maximum absolute atomic E-state index is 12.7. The Bertz CT molecular complexity index is 756. The number of carbonyl (C=O) groups excluding carboxylic acids is 2. The molecule has 0 bridgehead atoms. The molecule has 1 aliphatic rings. The van der Waals surface area contributed by atoms with Gasteiger partial charge in [-0.25, -0.2) is 0 Å². The number of carbonyl (C=O) groups is 2. The second kappa shape index (κ2) is 7.94. The summed E-state index contributed by atoms with van der Waals surface area (Å²) in [4.78, 5) is 24.2. The first-order valence-electron chi connectivity index (χ1n) is 8.45. The van der Waals surface area contributed by atoms with Gasteiger partial charge < -0.3 is 15.4 Å². The molecule has 0 fully saturated rings. The number of ether oxygens (including phenoxy) is 1. The van der Waals surface area contributed by atoms with Crippen molar-refractivity contribution in [2.24, 2.45) is 0 Å². The van der Waals surface area contributed by atoms with E-state index >= 15 is 0 Å². The van der Waals surface area contributed by atoms with Gasteiger partial charge in [0.2, 0.25) is 11.8 Å². The van der Waals surface area contributed by atoms with Crippen LogP contribution in [0.25, 0.3) is 0 Å². The van der Waals surface area contributed by atoms with Crippen LogP contribution < -0.4 is 10.6 Å². The zero-order valence-corrected chi connectivity index (χ0v) is 14.2. The lowest BCUT2D eigenvalue weighted by Crippen LogP contribution is -2.24. The zero-order chi connectivity index (χ0) is 17.6. The average Bonchev–Trinajstić information content (AvgIpc) is 2.63. The topological polar surface area (TPSA) is 67.4 Å². The van der Waals surface area contributed by atoms with Crippen molar-refractivity contribution < 1.29 is 14.3 Å². The first-order chi connectivity index (χ1) is 12.2. The van der Waals surface area contributed by atoms with E-state index in [-0.39, 0.29) is 24.3 Å². The summed E-state index contributed by atoms with van der Waals surface area (Å²) >= 11 is 0. The molecule has 0 saturated carbocycles. The third-order valence-electron chi connectivity index (χ3n) is 4.40. The molecular weight excluding hydrogens is 316 g/mol. The second-order valence-electron chi connectivity index (χ2n) is 6.19. The standard InChI is InChI=1S/C20H22N2O3/c1-25-13-19(23)21-15-9-11-16(12-10-15)22-20(24)18-8-4-6-14-5-2-3-7-17(14)18/h2-3,5,7,9-12,18H,4,6,8,13H2,1H3,(H,21,23)(H,22,24). The van der Waals surface area contributed by atoms with Gasteiger partial charge in [0, 0.05) is 18.5 Å². The number of anilines is 2. The number of rotatable bonds is 5. The van der Waals surface area contributed by atoms with E-state index in [1.54, 1.807) is 24.3 Å². The molecule has 5 heteroatoms. The summed E-state index contributed by atoms with van der Waals surface area (Å²) in [6.07, 6.45) is 2.93. The third-order valence-corrected chi connectivity index (χ3v) is 4.40. The molecular formula is C20H22N2O3. The van der Waals surface area contributed by atoms with Gasteiger partial charge in [-0.05, 0) is 54.7 Å². The van der Waals surface area contributed by atoms with Crippen LogP contribution in [0.15, 0.2) is 48.5 Å². The van der Waals surface area contributed by atoms with Crippen LogP contribution in [0.5, 0.6) is 0 Å². The molecule has 2 aromatic rings. The van der Waals surface area contributed by atoms with Crippen molar-refractivity contribution in [2.45, 2.75) is 25.2 Å². The molecule has 3 rings (SSSR count). The first kappa shape index (κ1) is 17.2. The smallest absolute Gasteiger partial charge is 0.250 e. The quantitative estimate of drug-likeness (QED) is 0.879. The minimum absolute atomic E-state index is 0.0135. The van der Waals surface area contributed by atoms with Crippen LogP contribution in [-0.4, -0.2) is 25.5 Å². The molecule has 2 N–H and O–H groups in total. The number of hydrogen-bond acceptors (Lipinski definition) is 3. The predicted octanol–water partition coefficient (Wildman–Crippen LogP) is 3.33. The fraction of sp³-hybridized carbons (Fsp3) is 0.300. The predicted molar refractivity (Wildman–Crippen MR) is 97.7 cm³/mol. The Morgan fingerprint density at radius 1 is 1.04 bits per heavy atom. The molecule has 0 radical (unpaired) electrons. The highest BCUT2D eigenvalue weighted by atomic mass is 16.5. The van der Waals surface area contributed by atoms with Crippen LogP contribution in [0.4, 0.5) is 11.4 Å². The largest absolute Gasteiger partial charge is 0.375 e. The number of nitrogens with one attached hydrogen (secondary N) is 2. The molecule has 0 aliphatic heterocycles. The number of hydrogen-bond donors (Lipinski definition) is 2. The van der Waals surface area contributed by atoms with Crippen molar-refractivity contribution in [2.75, 3.05) is 24.4 Å². The Kier molecular flexibility index (Phi) is 5.46. The number of benzene rings is 2. The Hall–Kier alpha value is -2.66. The Morgan fingerprint density at radius 3 is 2.44 bits per heavy atom. The van der Waals surface area contributed by atoms with Gasteiger partial charge in [-0.2, -0.15) is 0 Å². The van der Waals surface area contributed by atoms with E-state index in [1.807, 2.05) is 18.2 Å². The first-order valence-corrected chi connectivity index (χ1v) is 8.45. The summed E-state index contributed by atoms with van der Waals surface area (Å²) in [5, 5.41) is 5.71. The molecule has 5 nitrogen and oxygen atoms in total. The van der Waals surface area contributed by atoms with Gasteiger partial charge in [-0.3, -0.25) is 9.59 Å². The minimum atomic E-state index is -0.210. The molecule has 1 unspecified atom stereocenters. The summed E-state index contributed by atoms with van der Waals surface area (Å²) in [6, 6.07) is 15.3. The molecule has 0 aromatic heterocycles. The van der Waals surface area contributed by atoms with E-state index in [0.29, 0.717) is 5.69 Å². The zero-order valence-electron chi connectivity index (χ0n) is 14.2. The molecule has 25 heavy (non-hydrogen) atoms. The summed E-state index contributed by atoms with van der Waals surface area (Å²) in [6.45, 7) is 0.0135. The van der Waals surface area contributed by atoms with Crippen molar-refractivity contribution in [3.63, 3.8) is 0 Å². The maximum atomic E-state index is 12.7. The van der Waals surface area contributed by atoms with E-state index in [4.69, 9.17) is 4.74 Å².